The largest absolute Gasteiger partial charge is 0.450 e. The molecule has 0 aliphatic carbocycles. The number of hydrogen-bond donors (Lipinski definition) is 2. The molecule has 2 amide bonds. The molecule has 0 bridgehead atoms. The van der Waals surface area contributed by atoms with E-state index in [2.05, 4.69) is 15.6 Å². The fourth-order valence-corrected chi connectivity index (χ4v) is 4.28. The Morgan fingerprint density at radius 3 is 2.48 bits per heavy atom. The van der Waals surface area contributed by atoms with E-state index in [0.717, 1.165) is 16.2 Å². The first-order valence-corrected chi connectivity index (χ1v) is 11.0. The van der Waals surface area contributed by atoms with Gasteiger partial charge in [0.05, 0.1) is 12.2 Å². The zero-order chi connectivity index (χ0) is 20.6. The van der Waals surface area contributed by atoms with Gasteiger partial charge < -0.3 is 10.1 Å². The van der Waals surface area contributed by atoms with Gasteiger partial charge in [-0.05, 0) is 24.8 Å². The zero-order valence-corrected chi connectivity index (χ0v) is 17.7. The molecule has 1 heterocycles. The van der Waals surface area contributed by atoms with Crippen LogP contribution in [0.2, 0.25) is 0 Å². The van der Waals surface area contributed by atoms with E-state index in [1.165, 1.54) is 11.3 Å². The molecule has 0 spiro atoms. The summed E-state index contributed by atoms with van der Waals surface area (Å²) in [5.74, 6) is 0.651. The number of thiazole rings is 1. The van der Waals surface area contributed by atoms with Crippen LogP contribution in [-0.4, -0.2) is 29.3 Å². The minimum atomic E-state index is -0.580. The van der Waals surface area contributed by atoms with Crippen LogP contribution in [0, 0.1) is 0 Å². The number of ether oxygens (including phenoxy) is 1. The number of thioether (sulfide) groups is 1. The molecular weight excluding hydrogens is 406 g/mol. The molecule has 2 N–H and O–H groups in total. The topological polar surface area (TPSA) is 80.3 Å². The molecule has 0 fully saturated rings. The van der Waals surface area contributed by atoms with Gasteiger partial charge in [-0.3, -0.25) is 10.1 Å². The summed E-state index contributed by atoms with van der Waals surface area (Å²) in [4.78, 5) is 30.2. The Balaban J connectivity index is 1.92. The normalized spacial score (nSPS) is 10.4. The predicted octanol–water partition coefficient (Wildman–Crippen LogP) is 5.74. The standard InChI is InChI=1S/C21H21N3O3S2/c1-3-27-21(26)24-20-22-17(14-10-6-5-7-11-14)19(29-20)23-18(25)15-12-8-9-13-16(15)28-4-2/h5-13H,3-4H2,1-2H3,(H,23,25)(H,22,24,26). The third-order valence-corrected chi connectivity index (χ3v) is 5.66. The monoisotopic (exact) mass is 427 g/mol. The van der Waals surface area contributed by atoms with E-state index in [9.17, 15) is 9.59 Å². The molecule has 0 saturated carbocycles. The molecule has 0 radical (unpaired) electrons. The molecule has 0 unspecified atom stereocenters. The van der Waals surface area contributed by atoms with Crippen molar-refractivity contribution in [2.45, 2.75) is 18.7 Å². The van der Waals surface area contributed by atoms with Gasteiger partial charge >= 0.3 is 6.09 Å². The summed E-state index contributed by atoms with van der Waals surface area (Å²) < 4.78 is 4.92. The number of benzene rings is 2. The summed E-state index contributed by atoms with van der Waals surface area (Å²) in [7, 11) is 0. The van der Waals surface area contributed by atoms with Crippen LogP contribution < -0.4 is 10.6 Å². The maximum Gasteiger partial charge on any atom is 0.413 e. The second-order valence-electron chi connectivity index (χ2n) is 5.79. The summed E-state index contributed by atoms with van der Waals surface area (Å²) >= 11 is 2.80. The lowest BCUT2D eigenvalue weighted by molar-refractivity contribution is 0.102. The van der Waals surface area contributed by atoms with Crippen LogP contribution in [0.5, 0.6) is 0 Å². The number of rotatable bonds is 7. The first-order chi connectivity index (χ1) is 14.1. The number of amides is 2. The Morgan fingerprint density at radius 2 is 1.76 bits per heavy atom. The van der Waals surface area contributed by atoms with Crippen LogP contribution >= 0.6 is 23.1 Å². The van der Waals surface area contributed by atoms with Crippen LogP contribution in [-0.2, 0) is 4.74 Å². The number of aromatic nitrogens is 1. The lowest BCUT2D eigenvalue weighted by Gasteiger charge is -2.09. The molecule has 0 saturated heterocycles. The third kappa shape index (κ3) is 5.36. The van der Waals surface area contributed by atoms with Crippen molar-refractivity contribution in [2.24, 2.45) is 0 Å². The molecule has 0 atom stereocenters. The third-order valence-electron chi connectivity index (χ3n) is 3.82. The van der Waals surface area contributed by atoms with Crippen molar-refractivity contribution in [3.8, 4) is 11.3 Å². The second-order valence-corrected chi connectivity index (χ2v) is 8.10. The molecule has 0 aliphatic heterocycles. The van der Waals surface area contributed by atoms with Gasteiger partial charge in [0, 0.05) is 10.5 Å². The van der Waals surface area contributed by atoms with Gasteiger partial charge in [-0.25, -0.2) is 9.78 Å². The smallest absolute Gasteiger partial charge is 0.413 e. The van der Waals surface area contributed by atoms with E-state index in [0.29, 0.717) is 21.4 Å². The maximum atomic E-state index is 13.0. The summed E-state index contributed by atoms with van der Waals surface area (Å²) in [5, 5.41) is 6.49. The van der Waals surface area contributed by atoms with Crippen molar-refractivity contribution in [1.82, 2.24) is 4.98 Å². The van der Waals surface area contributed by atoms with Crippen molar-refractivity contribution in [1.29, 1.82) is 0 Å². The molecule has 0 aliphatic rings. The van der Waals surface area contributed by atoms with Crippen molar-refractivity contribution in [3.05, 3.63) is 60.2 Å². The average Bonchev–Trinajstić information content (AvgIpc) is 3.11. The van der Waals surface area contributed by atoms with Gasteiger partial charge in [0.15, 0.2) is 5.13 Å². The number of carbonyl (C=O) groups excluding carboxylic acids is 2. The molecular formula is C21H21N3O3S2. The molecule has 3 aromatic rings. The second kappa shape index (κ2) is 10.1. The Bertz CT molecular complexity index is 990. The maximum absolute atomic E-state index is 13.0. The summed E-state index contributed by atoms with van der Waals surface area (Å²) in [6, 6.07) is 17.0. The first kappa shape index (κ1) is 20.9. The molecule has 3 rings (SSSR count). The quantitative estimate of drug-likeness (QED) is 0.470. The fraction of sp³-hybridized carbons (Fsp3) is 0.190. The van der Waals surface area contributed by atoms with Gasteiger partial charge in [0.2, 0.25) is 0 Å². The highest BCUT2D eigenvalue weighted by Crippen LogP contribution is 2.36. The molecule has 150 valence electrons. The van der Waals surface area contributed by atoms with Gasteiger partial charge in [0.1, 0.15) is 10.7 Å². The highest BCUT2D eigenvalue weighted by Gasteiger charge is 2.19. The van der Waals surface area contributed by atoms with Crippen molar-refractivity contribution < 1.29 is 14.3 Å². The summed E-state index contributed by atoms with van der Waals surface area (Å²) in [6.45, 7) is 4.04. The Hall–Kier alpha value is -2.84. The van der Waals surface area contributed by atoms with E-state index in [1.807, 2.05) is 55.5 Å². The van der Waals surface area contributed by atoms with Crippen LogP contribution in [0.4, 0.5) is 14.9 Å². The van der Waals surface area contributed by atoms with E-state index >= 15 is 0 Å². The summed E-state index contributed by atoms with van der Waals surface area (Å²) in [6.07, 6.45) is -0.580. The van der Waals surface area contributed by atoms with Crippen molar-refractivity contribution >= 4 is 45.2 Å². The predicted molar refractivity (Wildman–Crippen MR) is 119 cm³/mol. The SMILES string of the molecule is CCOC(=O)Nc1nc(-c2ccccc2)c(NC(=O)c2ccccc2SCC)s1. The highest BCUT2D eigenvalue weighted by molar-refractivity contribution is 7.99. The van der Waals surface area contributed by atoms with Crippen LogP contribution in [0.15, 0.2) is 59.5 Å². The number of carbonyl (C=O) groups is 2. The Labute approximate surface area is 177 Å². The zero-order valence-electron chi connectivity index (χ0n) is 16.1. The minimum absolute atomic E-state index is 0.218. The average molecular weight is 428 g/mol. The molecule has 29 heavy (non-hydrogen) atoms. The molecule has 1 aromatic heterocycles. The molecule has 8 heteroatoms. The van der Waals surface area contributed by atoms with Gasteiger partial charge in [-0.1, -0.05) is 60.7 Å². The number of nitrogens with zero attached hydrogens (tertiary/aromatic N) is 1. The number of nitrogens with one attached hydrogen (secondary N) is 2. The van der Waals surface area contributed by atoms with E-state index in [1.54, 1.807) is 24.8 Å². The van der Waals surface area contributed by atoms with Gasteiger partial charge in [-0.15, -0.1) is 11.8 Å². The number of anilines is 2. The first-order valence-electron chi connectivity index (χ1n) is 9.15. The number of hydrogen-bond acceptors (Lipinski definition) is 6. The van der Waals surface area contributed by atoms with E-state index in [4.69, 9.17) is 4.74 Å². The molecule has 6 nitrogen and oxygen atoms in total. The van der Waals surface area contributed by atoms with Crippen molar-refractivity contribution in [3.63, 3.8) is 0 Å². The van der Waals surface area contributed by atoms with Crippen molar-refractivity contribution in [2.75, 3.05) is 23.0 Å². The highest BCUT2D eigenvalue weighted by atomic mass is 32.2. The van der Waals surface area contributed by atoms with E-state index in [-0.39, 0.29) is 12.5 Å². The Morgan fingerprint density at radius 1 is 1.03 bits per heavy atom. The fourth-order valence-electron chi connectivity index (χ4n) is 2.61. The van der Waals surface area contributed by atoms with Crippen LogP contribution in [0.1, 0.15) is 24.2 Å². The molecule has 2 aromatic carbocycles. The van der Waals surface area contributed by atoms with Crippen LogP contribution in [0.3, 0.4) is 0 Å². The summed E-state index contributed by atoms with van der Waals surface area (Å²) in [5.41, 5.74) is 2.04. The lowest BCUT2D eigenvalue weighted by atomic mass is 10.1. The van der Waals surface area contributed by atoms with Gasteiger partial charge in [0.25, 0.3) is 5.91 Å². The Kier molecular flexibility index (Phi) is 7.26. The van der Waals surface area contributed by atoms with Crippen LogP contribution in [0.25, 0.3) is 11.3 Å². The van der Waals surface area contributed by atoms with Gasteiger partial charge in [-0.2, -0.15) is 0 Å². The minimum Gasteiger partial charge on any atom is -0.450 e. The van der Waals surface area contributed by atoms with E-state index < -0.39 is 6.09 Å². The lowest BCUT2D eigenvalue weighted by Crippen LogP contribution is -2.13.